The summed E-state index contributed by atoms with van der Waals surface area (Å²) in [5.41, 5.74) is 11.4. The third-order valence-corrected chi connectivity index (χ3v) is 10.2. The van der Waals surface area contributed by atoms with Crippen molar-refractivity contribution >= 4 is 54.7 Å². The molecule has 0 unspecified atom stereocenters. The molecule has 6 nitrogen and oxygen atoms in total. The summed E-state index contributed by atoms with van der Waals surface area (Å²) in [5.74, 6) is 1.16. The molecule has 0 aliphatic carbocycles. The highest BCUT2D eigenvalue weighted by Gasteiger charge is 2.25. The molecule has 0 saturated carbocycles. The van der Waals surface area contributed by atoms with Crippen LogP contribution in [-0.2, 0) is 0 Å². The zero-order chi connectivity index (χ0) is 34.9. The van der Waals surface area contributed by atoms with Crippen molar-refractivity contribution < 1.29 is 4.42 Å². The van der Waals surface area contributed by atoms with E-state index in [0.29, 0.717) is 11.8 Å². The minimum Gasteiger partial charge on any atom is -0.436 e. The number of rotatable bonds is 5. The first-order valence-corrected chi connectivity index (χ1v) is 17.7. The Morgan fingerprint density at radius 2 is 0.962 bits per heavy atom. The zero-order valence-corrected chi connectivity index (χ0v) is 28.4. The van der Waals surface area contributed by atoms with Gasteiger partial charge in [-0.25, -0.2) is 15.0 Å². The third-order valence-electron chi connectivity index (χ3n) is 10.2. The van der Waals surface area contributed by atoms with Crippen LogP contribution in [0.3, 0.4) is 0 Å². The monoisotopic (exact) mass is 679 g/mol. The minimum atomic E-state index is 0.574. The fourth-order valence-corrected chi connectivity index (χ4v) is 7.85. The molecule has 248 valence electrons. The Hall–Kier alpha value is -7.31. The second-order valence-corrected chi connectivity index (χ2v) is 13.2. The Bertz CT molecular complexity index is 3050. The van der Waals surface area contributed by atoms with Crippen LogP contribution in [-0.4, -0.2) is 24.1 Å². The molecule has 0 aliphatic heterocycles. The van der Waals surface area contributed by atoms with Gasteiger partial charge in [-0.15, -0.1) is 0 Å². The molecule has 0 N–H and O–H groups in total. The summed E-state index contributed by atoms with van der Waals surface area (Å²) < 4.78 is 11.0. The fourth-order valence-electron chi connectivity index (χ4n) is 7.85. The van der Waals surface area contributed by atoms with Crippen LogP contribution in [0.15, 0.2) is 180 Å². The van der Waals surface area contributed by atoms with Crippen LogP contribution in [0.2, 0.25) is 0 Å². The first-order valence-electron chi connectivity index (χ1n) is 17.7. The summed E-state index contributed by atoms with van der Waals surface area (Å²) in [6, 6.07) is 60.7. The Labute approximate surface area is 303 Å². The van der Waals surface area contributed by atoms with E-state index in [1.807, 2.05) is 72.8 Å². The normalized spacial score (nSPS) is 11.8. The molecule has 0 spiro atoms. The Morgan fingerprint density at radius 1 is 0.415 bits per heavy atom. The van der Waals surface area contributed by atoms with E-state index in [-0.39, 0.29) is 0 Å². The molecule has 11 aromatic rings. The summed E-state index contributed by atoms with van der Waals surface area (Å²) in [6.07, 6.45) is 0. The highest BCUT2D eigenvalue weighted by Crippen LogP contribution is 2.42. The topological polar surface area (TPSA) is 61.7 Å². The number of aromatic nitrogens is 5. The van der Waals surface area contributed by atoms with Gasteiger partial charge in [-0.2, -0.15) is 0 Å². The predicted molar refractivity (Wildman–Crippen MR) is 215 cm³/mol. The van der Waals surface area contributed by atoms with E-state index in [1.54, 1.807) is 0 Å². The van der Waals surface area contributed by atoms with Crippen molar-refractivity contribution in [3.63, 3.8) is 0 Å². The molecule has 4 aromatic heterocycles. The lowest BCUT2D eigenvalue weighted by molar-refractivity contribution is 0.620. The smallest absolute Gasteiger partial charge is 0.235 e. The van der Waals surface area contributed by atoms with Gasteiger partial charge in [0.25, 0.3) is 0 Å². The van der Waals surface area contributed by atoms with Crippen molar-refractivity contribution in [3.8, 4) is 45.6 Å². The summed E-state index contributed by atoms with van der Waals surface area (Å²) in [4.78, 5) is 15.9. The molecule has 6 heteroatoms. The first kappa shape index (κ1) is 29.4. The van der Waals surface area contributed by atoms with Crippen LogP contribution in [0.4, 0.5) is 0 Å². The summed E-state index contributed by atoms with van der Waals surface area (Å²) >= 11 is 0. The number of hydrogen-bond donors (Lipinski definition) is 0. The highest BCUT2D eigenvalue weighted by molar-refractivity contribution is 6.21. The van der Waals surface area contributed by atoms with Gasteiger partial charge in [0, 0.05) is 38.2 Å². The molecule has 7 aromatic carbocycles. The van der Waals surface area contributed by atoms with Crippen LogP contribution in [0.25, 0.3) is 100 Å². The third kappa shape index (κ3) is 4.56. The summed E-state index contributed by atoms with van der Waals surface area (Å²) in [6.45, 7) is 0. The number of para-hydroxylation sites is 3. The second-order valence-electron chi connectivity index (χ2n) is 13.2. The SMILES string of the molecule is c1ccc(-c2cc(-c3ccccc3)nc(-n3c4ccc5oc(-c6ccccc6)nc5c4c4cccc(-n5c6ccccc6c6ccccc65)c43)n2)cc1. The van der Waals surface area contributed by atoms with Gasteiger partial charge in [0.15, 0.2) is 5.58 Å². The van der Waals surface area contributed by atoms with Crippen molar-refractivity contribution in [2.24, 2.45) is 0 Å². The molecule has 0 radical (unpaired) electrons. The molecule has 0 bridgehead atoms. The van der Waals surface area contributed by atoms with Gasteiger partial charge in [0.05, 0.1) is 39.1 Å². The second kappa shape index (κ2) is 11.6. The van der Waals surface area contributed by atoms with E-state index in [1.165, 1.54) is 10.8 Å². The maximum Gasteiger partial charge on any atom is 0.235 e. The predicted octanol–water partition coefficient (Wildman–Crippen LogP) is 11.8. The number of fused-ring (bicyclic) bond motifs is 8. The van der Waals surface area contributed by atoms with Gasteiger partial charge in [0.2, 0.25) is 11.8 Å². The van der Waals surface area contributed by atoms with E-state index in [9.17, 15) is 0 Å². The first-order chi connectivity index (χ1) is 26.3. The van der Waals surface area contributed by atoms with Gasteiger partial charge in [0.1, 0.15) is 5.52 Å². The fraction of sp³-hybridized carbons (Fsp3) is 0. The molecule has 0 aliphatic rings. The highest BCUT2D eigenvalue weighted by atomic mass is 16.3. The van der Waals surface area contributed by atoms with Gasteiger partial charge in [-0.1, -0.05) is 127 Å². The molecule has 0 saturated heterocycles. The molecule has 0 fully saturated rings. The number of nitrogens with zero attached hydrogens (tertiary/aromatic N) is 5. The van der Waals surface area contributed by atoms with Crippen LogP contribution >= 0.6 is 0 Å². The van der Waals surface area contributed by atoms with E-state index >= 15 is 0 Å². The number of hydrogen-bond acceptors (Lipinski definition) is 4. The molecular weight excluding hydrogens is 651 g/mol. The largest absolute Gasteiger partial charge is 0.436 e. The standard InChI is InChI=1S/C47H29N5O/c1-4-15-30(16-5-1)36-29-37(31-17-6-2-7-18-31)49-47(48-36)52-40-27-28-42-44(50-46(53-42)32-19-8-3-9-20-32)43(40)35-23-14-26-41(45(35)52)51-38-24-12-10-21-33(38)34-22-11-13-25-39(34)51/h1-29H. The lowest BCUT2D eigenvalue weighted by Crippen LogP contribution is -2.06. The van der Waals surface area contributed by atoms with Crippen LogP contribution in [0, 0.1) is 0 Å². The van der Waals surface area contributed by atoms with Crippen molar-refractivity contribution in [1.82, 2.24) is 24.1 Å². The van der Waals surface area contributed by atoms with Gasteiger partial charge >= 0.3 is 0 Å². The molecule has 4 heterocycles. The molecule has 11 rings (SSSR count). The molecule has 0 amide bonds. The van der Waals surface area contributed by atoms with Crippen molar-refractivity contribution in [2.45, 2.75) is 0 Å². The molecule has 53 heavy (non-hydrogen) atoms. The minimum absolute atomic E-state index is 0.574. The average Bonchev–Trinajstić information content (AvgIpc) is 3.92. The average molecular weight is 680 g/mol. The van der Waals surface area contributed by atoms with E-state index < -0.39 is 0 Å². The lowest BCUT2D eigenvalue weighted by atomic mass is 10.1. The quantitative estimate of drug-likeness (QED) is 0.182. The van der Waals surface area contributed by atoms with E-state index in [0.717, 1.165) is 77.7 Å². The maximum atomic E-state index is 6.44. The number of benzene rings is 7. The van der Waals surface area contributed by atoms with Gasteiger partial charge in [-0.05, 0) is 48.5 Å². The molecular formula is C47H29N5O. The van der Waals surface area contributed by atoms with Gasteiger partial charge < -0.3 is 8.98 Å². The number of oxazole rings is 1. The Morgan fingerprint density at radius 3 is 1.58 bits per heavy atom. The Kier molecular flexibility index (Phi) is 6.45. The van der Waals surface area contributed by atoms with Crippen molar-refractivity contribution in [2.75, 3.05) is 0 Å². The van der Waals surface area contributed by atoms with Crippen LogP contribution in [0.5, 0.6) is 0 Å². The van der Waals surface area contributed by atoms with E-state index in [4.69, 9.17) is 19.4 Å². The van der Waals surface area contributed by atoms with Crippen molar-refractivity contribution in [1.29, 1.82) is 0 Å². The van der Waals surface area contributed by atoms with E-state index in [2.05, 4.69) is 112 Å². The lowest BCUT2D eigenvalue weighted by Gasteiger charge is -2.15. The van der Waals surface area contributed by atoms with Crippen molar-refractivity contribution in [3.05, 3.63) is 176 Å². The molecule has 0 atom stereocenters. The van der Waals surface area contributed by atoms with Crippen LogP contribution in [0.1, 0.15) is 0 Å². The van der Waals surface area contributed by atoms with Gasteiger partial charge in [-0.3, -0.25) is 4.57 Å². The maximum absolute atomic E-state index is 6.44. The Balaban J connectivity index is 1.31. The zero-order valence-electron chi connectivity index (χ0n) is 28.4. The van der Waals surface area contributed by atoms with Crippen LogP contribution < -0.4 is 0 Å². The summed E-state index contributed by atoms with van der Waals surface area (Å²) in [7, 11) is 0. The summed E-state index contributed by atoms with van der Waals surface area (Å²) in [5, 5.41) is 4.42.